The summed E-state index contributed by atoms with van der Waals surface area (Å²) < 4.78 is 0. The highest BCUT2D eigenvalue weighted by Gasteiger charge is 2.32. The second-order valence-electron chi connectivity index (χ2n) is 11.4. The van der Waals surface area contributed by atoms with Crippen molar-refractivity contribution in [3.8, 4) is 0 Å². The summed E-state index contributed by atoms with van der Waals surface area (Å²) in [6, 6.07) is 0. The van der Waals surface area contributed by atoms with Crippen molar-refractivity contribution in [2.45, 2.75) is 168 Å². The highest BCUT2D eigenvalue weighted by atomic mass is 15.2. The third-order valence-corrected chi connectivity index (χ3v) is 7.83. The molecule has 1 heterocycles. The van der Waals surface area contributed by atoms with Gasteiger partial charge < -0.3 is 5.32 Å². The Bertz CT molecular complexity index is 447. The largest absolute Gasteiger partial charge is 0.372 e. The van der Waals surface area contributed by atoms with Gasteiger partial charge in [-0.3, -0.25) is 9.89 Å². The zero-order chi connectivity index (χ0) is 24.7. The van der Waals surface area contributed by atoms with Crippen LogP contribution in [0, 0.1) is 0 Å². The molecule has 0 amide bonds. The summed E-state index contributed by atoms with van der Waals surface area (Å²) in [5.41, 5.74) is 0.0407. The van der Waals surface area contributed by atoms with Crippen LogP contribution in [-0.2, 0) is 0 Å². The number of amidine groups is 1. The monoisotopic (exact) mass is 478 g/mol. The van der Waals surface area contributed by atoms with Gasteiger partial charge in [-0.25, -0.2) is 0 Å². The number of nitrogens with zero attached hydrogens (tertiary/aromatic N) is 2. The van der Waals surface area contributed by atoms with Crippen LogP contribution in [0.1, 0.15) is 163 Å². The van der Waals surface area contributed by atoms with Crippen LogP contribution in [0.25, 0.3) is 0 Å². The highest BCUT2D eigenvalue weighted by Crippen LogP contribution is 2.21. The molecule has 0 spiro atoms. The fraction of sp³-hybridized carbons (Fsp3) is 0.968. The quantitative estimate of drug-likeness (QED) is 0.140. The minimum Gasteiger partial charge on any atom is -0.372 e. The van der Waals surface area contributed by atoms with Crippen LogP contribution >= 0.6 is 0 Å². The summed E-state index contributed by atoms with van der Waals surface area (Å²) in [6.45, 7) is 13.9. The van der Waals surface area contributed by atoms with Gasteiger partial charge in [0.15, 0.2) is 0 Å². The van der Waals surface area contributed by atoms with E-state index >= 15 is 0 Å². The van der Waals surface area contributed by atoms with E-state index in [1.54, 1.807) is 0 Å². The first-order valence-corrected chi connectivity index (χ1v) is 15.7. The molecule has 0 aliphatic carbocycles. The molecule has 3 nitrogen and oxygen atoms in total. The van der Waals surface area contributed by atoms with Gasteiger partial charge in [0.1, 0.15) is 5.84 Å². The van der Waals surface area contributed by atoms with Crippen LogP contribution in [-0.4, -0.2) is 42.5 Å². The van der Waals surface area contributed by atoms with Crippen molar-refractivity contribution in [3.05, 3.63) is 0 Å². The van der Waals surface area contributed by atoms with Gasteiger partial charge in [0.05, 0.1) is 5.54 Å². The van der Waals surface area contributed by atoms with Gasteiger partial charge in [0.2, 0.25) is 0 Å². The lowest BCUT2D eigenvalue weighted by Gasteiger charge is -2.41. The molecule has 0 fully saturated rings. The Labute approximate surface area is 215 Å². The number of rotatable bonds is 24. The van der Waals surface area contributed by atoms with E-state index < -0.39 is 0 Å². The zero-order valence-corrected chi connectivity index (χ0v) is 24.1. The van der Waals surface area contributed by atoms with Crippen molar-refractivity contribution < 1.29 is 0 Å². The van der Waals surface area contributed by atoms with Crippen LogP contribution in [0.4, 0.5) is 0 Å². The smallest absolute Gasteiger partial charge is 0.116 e. The Balaban J connectivity index is 2.28. The topological polar surface area (TPSA) is 27.6 Å². The predicted octanol–water partition coefficient (Wildman–Crippen LogP) is 9.30. The normalized spacial score (nSPS) is 14.4. The molecule has 0 aromatic heterocycles. The molecule has 1 aliphatic heterocycles. The third-order valence-electron chi connectivity index (χ3n) is 7.83. The summed E-state index contributed by atoms with van der Waals surface area (Å²) in [5.74, 6) is 1.23. The maximum atomic E-state index is 4.88. The number of hydrogen-bond donors (Lipinski definition) is 1. The Kier molecular flexibility index (Phi) is 20.1. The zero-order valence-electron chi connectivity index (χ0n) is 24.1. The molecule has 3 heteroatoms. The summed E-state index contributed by atoms with van der Waals surface area (Å²) in [7, 11) is 0. The SMILES string of the molecule is CCCCCCCCCCCCN(CCCCCCCCCCCC)C(C)(C)C1=NCCCN1. The van der Waals surface area contributed by atoms with Crippen LogP contribution in [0.5, 0.6) is 0 Å². The van der Waals surface area contributed by atoms with E-state index in [4.69, 9.17) is 4.99 Å². The first-order chi connectivity index (χ1) is 16.6. The molecule has 0 saturated carbocycles. The molecule has 0 unspecified atom stereocenters. The van der Waals surface area contributed by atoms with E-state index in [1.165, 1.54) is 154 Å². The average molecular weight is 478 g/mol. The lowest BCUT2D eigenvalue weighted by Crippen LogP contribution is -2.56. The fourth-order valence-electron chi connectivity index (χ4n) is 5.34. The molecular weight excluding hydrogens is 414 g/mol. The van der Waals surface area contributed by atoms with Gasteiger partial charge in [-0.2, -0.15) is 0 Å². The third kappa shape index (κ3) is 15.4. The Hall–Kier alpha value is -0.570. The van der Waals surface area contributed by atoms with Crippen molar-refractivity contribution >= 4 is 5.84 Å². The van der Waals surface area contributed by atoms with Crippen molar-refractivity contribution in [3.63, 3.8) is 0 Å². The van der Waals surface area contributed by atoms with Crippen LogP contribution < -0.4 is 5.32 Å². The van der Waals surface area contributed by atoms with E-state index in [2.05, 4.69) is 37.9 Å². The standard InChI is InChI=1S/C31H63N3/c1-5-7-9-11-13-15-17-19-21-23-28-34(31(3,4)30-32-26-25-27-33-30)29-24-22-20-18-16-14-12-10-8-6-2/h5-29H2,1-4H3,(H,32,33). The predicted molar refractivity (Wildman–Crippen MR) is 154 cm³/mol. The van der Waals surface area contributed by atoms with Crippen LogP contribution in [0.3, 0.4) is 0 Å². The molecule has 34 heavy (non-hydrogen) atoms. The van der Waals surface area contributed by atoms with Crippen molar-refractivity contribution in [2.24, 2.45) is 4.99 Å². The van der Waals surface area contributed by atoms with Gasteiger partial charge >= 0.3 is 0 Å². The number of unbranched alkanes of at least 4 members (excludes halogenated alkanes) is 18. The van der Waals surface area contributed by atoms with Crippen molar-refractivity contribution in [1.82, 2.24) is 10.2 Å². The van der Waals surface area contributed by atoms with Crippen LogP contribution in [0.15, 0.2) is 4.99 Å². The number of nitrogens with one attached hydrogen (secondary N) is 1. The summed E-state index contributed by atoms with van der Waals surface area (Å²) in [6.07, 6.45) is 29.4. The first-order valence-electron chi connectivity index (χ1n) is 15.7. The molecule has 0 bridgehead atoms. The number of hydrogen-bond acceptors (Lipinski definition) is 3. The molecule has 1 aliphatic rings. The molecule has 202 valence electrons. The van der Waals surface area contributed by atoms with E-state index in [-0.39, 0.29) is 5.54 Å². The fourth-order valence-corrected chi connectivity index (χ4v) is 5.34. The van der Waals surface area contributed by atoms with Crippen LogP contribution in [0.2, 0.25) is 0 Å². The van der Waals surface area contributed by atoms with Gasteiger partial charge in [-0.15, -0.1) is 0 Å². The molecule has 0 aromatic rings. The van der Waals surface area contributed by atoms with Crippen molar-refractivity contribution in [2.75, 3.05) is 26.2 Å². The second-order valence-corrected chi connectivity index (χ2v) is 11.4. The summed E-state index contributed by atoms with van der Waals surface area (Å²) >= 11 is 0. The lowest BCUT2D eigenvalue weighted by atomic mass is 9.97. The summed E-state index contributed by atoms with van der Waals surface area (Å²) in [5, 5.41) is 3.63. The van der Waals surface area contributed by atoms with E-state index in [1.807, 2.05) is 0 Å². The maximum absolute atomic E-state index is 4.88. The average Bonchev–Trinajstić information content (AvgIpc) is 2.85. The molecular formula is C31H63N3. The van der Waals surface area contributed by atoms with E-state index in [9.17, 15) is 0 Å². The Morgan fingerprint density at radius 2 is 1.00 bits per heavy atom. The van der Waals surface area contributed by atoms with Gasteiger partial charge in [0.25, 0.3) is 0 Å². The van der Waals surface area contributed by atoms with Gasteiger partial charge in [-0.05, 0) is 46.2 Å². The minimum absolute atomic E-state index is 0.0407. The molecule has 0 radical (unpaired) electrons. The maximum Gasteiger partial charge on any atom is 0.116 e. The van der Waals surface area contributed by atoms with Gasteiger partial charge in [0, 0.05) is 13.1 Å². The minimum atomic E-state index is 0.0407. The number of aliphatic imine (C=N–C) groups is 1. The van der Waals surface area contributed by atoms with E-state index in [0.29, 0.717) is 0 Å². The molecule has 0 aromatic carbocycles. The first kappa shape index (κ1) is 31.5. The molecule has 1 N–H and O–H groups in total. The Morgan fingerprint density at radius 3 is 1.35 bits per heavy atom. The summed E-state index contributed by atoms with van der Waals surface area (Å²) in [4.78, 5) is 7.63. The van der Waals surface area contributed by atoms with E-state index in [0.717, 1.165) is 13.1 Å². The van der Waals surface area contributed by atoms with Crippen molar-refractivity contribution in [1.29, 1.82) is 0 Å². The van der Waals surface area contributed by atoms with Gasteiger partial charge in [-0.1, -0.05) is 129 Å². The molecule has 1 rings (SSSR count). The Morgan fingerprint density at radius 1 is 0.618 bits per heavy atom. The highest BCUT2D eigenvalue weighted by molar-refractivity contribution is 5.91. The lowest BCUT2D eigenvalue weighted by molar-refractivity contribution is 0.165. The second kappa shape index (κ2) is 21.7. The molecule has 0 saturated heterocycles. The molecule has 0 atom stereocenters.